The third-order valence-electron chi connectivity index (χ3n) is 14.5. The number of rotatable bonds is 6. The van der Waals surface area contributed by atoms with E-state index in [2.05, 4.69) is 126 Å². The molecule has 8 aliphatic rings. The summed E-state index contributed by atoms with van der Waals surface area (Å²) in [6.45, 7) is 8.44. The van der Waals surface area contributed by atoms with Crippen LogP contribution in [0.15, 0.2) is 120 Å². The molecule has 3 saturated carbocycles. The Morgan fingerprint density at radius 1 is 0.600 bits per heavy atom. The monoisotopic (exact) mass is 948 g/mol. The van der Waals surface area contributed by atoms with E-state index in [1.54, 1.807) is 96.3 Å². The van der Waals surface area contributed by atoms with Crippen molar-refractivity contribution < 1.29 is 13.5 Å². The summed E-state index contributed by atoms with van der Waals surface area (Å²) in [5, 5.41) is 0. The molecule has 2 nitrogen and oxygen atoms in total. The molecule has 7 aliphatic carbocycles. The minimum absolute atomic E-state index is 0.0465. The van der Waals surface area contributed by atoms with Gasteiger partial charge in [0.05, 0.1) is 17.0 Å². The summed E-state index contributed by atoms with van der Waals surface area (Å²) < 4.78 is 1.88. The van der Waals surface area contributed by atoms with Gasteiger partial charge in [-0.25, -0.2) is 0 Å². The van der Waals surface area contributed by atoms with Crippen molar-refractivity contribution in [3.05, 3.63) is 149 Å². The Morgan fingerprint density at radius 3 is 1.40 bits per heavy atom. The Kier molecular flexibility index (Phi) is 16.2. The molecular formula is C54H69Cl2N2PRu. The fourth-order valence-electron chi connectivity index (χ4n) is 11.7. The molecule has 60 heavy (non-hydrogen) atoms. The van der Waals surface area contributed by atoms with Crippen molar-refractivity contribution in [1.29, 1.82) is 0 Å². The Balaban J connectivity index is 0.000000156. The van der Waals surface area contributed by atoms with E-state index in [0.717, 1.165) is 13.1 Å². The second-order valence-corrected chi connectivity index (χ2v) is 27.9. The van der Waals surface area contributed by atoms with E-state index >= 15 is 0 Å². The zero-order chi connectivity index (χ0) is 41.3. The van der Waals surface area contributed by atoms with Gasteiger partial charge in [-0.3, -0.25) is 0 Å². The van der Waals surface area contributed by atoms with Crippen molar-refractivity contribution in [3.63, 3.8) is 0 Å². The first-order chi connectivity index (χ1) is 29.4. The van der Waals surface area contributed by atoms with Gasteiger partial charge in [0.25, 0.3) is 0 Å². The molecule has 0 radical (unpaired) electrons. The zero-order valence-corrected chi connectivity index (χ0v) is 40.4. The van der Waals surface area contributed by atoms with E-state index in [1.807, 2.05) is 24.5 Å². The molecule has 10 rings (SSSR count). The number of hydrogen-bond acceptors (Lipinski definition) is 2. The van der Waals surface area contributed by atoms with E-state index in [-0.39, 0.29) is 7.92 Å². The fourth-order valence-corrected chi connectivity index (χ4v) is 18.3. The predicted octanol–water partition coefficient (Wildman–Crippen LogP) is 15.4. The number of benzene rings is 2. The average molecular weight is 949 g/mol. The third kappa shape index (κ3) is 10.9. The topological polar surface area (TPSA) is 6.48 Å². The first-order valence-electron chi connectivity index (χ1n) is 23.5. The third-order valence-corrected chi connectivity index (χ3v) is 20.8. The molecule has 0 unspecified atom stereocenters. The molecule has 0 N–H and O–H groups in total. The molecule has 322 valence electrons. The van der Waals surface area contributed by atoms with Gasteiger partial charge in [0, 0.05) is 44.7 Å². The van der Waals surface area contributed by atoms with Crippen LogP contribution in [-0.2, 0) is 13.5 Å². The summed E-state index contributed by atoms with van der Waals surface area (Å²) in [5.41, 5.74) is 13.3. The molecule has 2 aromatic carbocycles. The number of nitrogens with zero attached hydrogens (tertiary/aromatic N) is 2. The van der Waals surface area contributed by atoms with Crippen LogP contribution in [0.25, 0.3) is 12.2 Å². The minimum atomic E-state index is -1.52. The van der Waals surface area contributed by atoms with Gasteiger partial charge < -0.3 is 9.80 Å². The van der Waals surface area contributed by atoms with Crippen LogP contribution >= 0.6 is 27.3 Å². The molecule has 4 fully saturated rings. The molecule has 4 atom stereocenters. The van der Waals surface area contributed by atoms with Crippen LogP contribution in [0, 0.1) is 18.5 Å². The van der Waals surface area contributed by atoms with Gasteiger partial charge in [-0.15, -0.1) is 0 Å². The van der Waals surface area contributed by atoms with Gasteiger partial charge in [0.2, 0.25) is 0 Å². The summed E-state index contributed by atoms with van der Waals surface area (Å²) >= 11 is -1.52. The zero-order valence-electron chi connectivity index (χ0n) is 36.2. The van der Waals surface area contributed by atoms with Crippen molar-refractivity contribution >= 4 is 44.1 Å². The van der Waals surface area contributed by atoms with Crippen molar-refractivity contribution in [1.82, 2.24) is 9.80 Å². The van der Waals surface area contributed by atoms with E-state index in [0.29, 0.717) is 23.7 Å². The van der Waals surface area contributed by atoms with Crippen LogP contribution in [0.5, 0.6) is 0 Å². The number of fused-ring (bicyclic) bond motifs is 6. The molecule has 1 saturated heterocycles. The summed E-state index contributed by atoms with van der Waals surface area (Å²) in [7, 11) is 11.0. The molecular weight excluding hydrogens is 880 g/mol. The molecule has 0 aromatic heterocycles. The van der Waals surface area contributed by atoms with E-state index < -0.39 is 13.5 Å². The SMILES string of the molecule is C1=C[C@@H]2C=Cc3ccccc3[C@@H]2C(N2[CH-]N(C3=CC=C[C@@H]4C=Cc5ccccc5[C@H]34)CC2)=C1.C1CCC([PH+](C2CCCCC2)C2CCCCC2)CC1.CC(C)=C[CH]=[Ru]([Cl])[Cl]. The van der Waals surface area contributed by atoms with Crippen molar-refractivity contribution in [2.75, 3.05) is 13.1 Å². The first-order valence-corrected chi connectivity index (χ1v) is 30.7. The Hall–Kier alpha value is -2.28. The quantitative estimate of drug-likeness (QED) is 0.162. The Labute approximate surface area is 377 Å². The maximum atomic E-state index is 5.53. The second kappa shape index (κ2) is 21.9. The first kappa shape index (κ1) is 44.3. The van der Waals surface area contributed by atoms with Gasteiger partial charge in [-0.2, -0.15) is 6.67 Å². The van der Waals surface area contributed by atoms with Crippen molar-refractivity contribution in [2.24, 2.45) is 11.8 Å². The van der Waals surface area contributed by atoms with Gasteiger partial charge in [0.15, 0.2) is 0 Å². The molecule has 0 spiro atoms. The van der Waals surface area contributed by atoms with Gasteiger partial charge >= 0.3 is 63.0 Å². The van der Waals surface area contributed by atoms with Crippen molar-refractivity contribution in [3.8, 4) is 0 Å². The number of allylic oxidation sites excluding steroid dienone is 12. The Morgan fingerprint density at radius 2 is 1.02 bits per heavy atom. The predicted molar refractivity (Wildman–Crippen MR) is 262 cm³/mol. The van der Waals surface area contributed by atoms with Gasteiger partial charge in [0.1, 0.15) is 0 Å². The van der Waals surface area contributed by atoms with Crippen LogP contribution in [0.2, 0.25) is 0 Å². The van der Waals surface area contributed by atoms with Gasteiger partial charge in [-0.05, 0) is 123 Å². The second-order valence-electron chi connectivity index (χ2n) is 18.6. The fraction of sp³-hybridized carbons (Fsp3) is 0.481. The van der Waals surface area contributed by atoms with Gasteiger partial charge in [-0.1, -0.05) is 116 Å². The summed E-state index contributed by atoms with van der Waals surface area (Å²) in [5.74, 6) is 1.63. The molecule has 0 bridgehead atoms. The molecule has 0 amide bonds. The van der Waals surface area contributed by atoms with E-state index in [1.165, 1.54) is 56.2 Å². The standard InChI is InChI=1S/C31H27N2.C18H33P.C5H8.2ClH.Ru/c1-3-11-26-22(7-1)15-17-24-9-5-13-28(30(24)26)32-19-20-33(21-32)29-14-6-10-25-18-16-23-8-2-4-12-27(23)31(25)29;1-4-10-16(11-5-1)19(17-12-6-2-7-13-17)18-14-8-3-9-15-18;1-4-5(2)3;;;/h1-18,21,24-25,30-31H,19-20H2;16-18H,1-15H2;1,4H,2-3H3;2*1H;/q-1;;;;;+2/p-1/t24-,25-,30-,31-;;;;;/m1...../s1. The molecule has 1 aliphatic heterocycles. The van der Waals surface area contributed by atoms with Crippen LogP contribution < -0.4 is 0 Å². The van der Waals surface area contributed by atoms with E-state index in [9.17, 15) is 0 Å². The Bertz CT molecular complexity index is 1840. The van der Waals surface area contributed by atoms with Crippen LogP contribution in [0.4, 0.5) is 0 Å². The molecule has 2 aromatic rings. The number of hydrogen-bond donors (Lipinski definition) is 0. The van der Waals surface area contributed by atoms with Crippen LogP contribution in [0.1, 0.15) is 144 Å². The average Bonchev–Trinajstić information content (AvgIpc) is 3.80. The van der Waals surface area contributed by atoms with Crippen LogP contribution in [-0.4, -0.2) is 44.5 Å². The summed E-state index contributed by atoms with van der Waals surface area (Å²) in [4.78, 5) is 4.99. The molecule has 1 heterocycles. The van der Waals surface area contributed by atoms with Crippen molar-refractivity contribution in [2.45, 2.75) is 139 Å². The maximum absolute atomic E-state index is 5.53. The normalized spacial score (nSPS) is 26.2. The molecule has 6 heteroatoms. The van der Waals surface area contributed by atoms with Crippen LogP contribution in [0.3, 0.4) is 0 Å². The summed E-state index contributed by atoms with van der Waals surface area (Å²) in [6.07, 6.45) is 48.9. The number of halogens is 2. The summed E-state index contributed by atoms with van der Waals surface area (Å²) in [6, 6.07) is 17.7. The van der Waals surface area contributed by atoms with E-state index in [4.69, 9.17) is 19.4 Å².